The SMILES string of the molecule is CC(C)(C)OC(=O)N1CCN(c2ncccc2F)CC1C(=O)O. The van der Waals surface area contributed by atoms with Crippen LogP contribution >= 0.6 is 0 Å². The van der Waals surface area contributed by atoms with Crippen LogP contribution in [-0.4, -0.2) is 58.3 Å². The Morgan fingerprint density at radius 1 is 1.39 bits per heavy atom. The molecular formula is C15H20FN3O4. The van der Waals surface area contributed by atoms with E-state index in [1.807, 2.05) is 0 Å². The molecule has 0 radical (unpaired) electrons. The predicted octanol–water partition coefficient (Wildman–Crippen LogP) is 1.73. The molecule has 23 heavy (non-hydrogen) atoms. The second-order valence-corrected chi connectivity index (χ2v) is 6.28. The molecule has 1 fully saturated rings. The van der Waals surface area contributed by atoms with Gasteiger partial charge in [0.25, 0.3) is 0 Å². The molecule has 1 aliphatic heterocycles. The van der Waals surface area contributed by atoms with Crippen LogP contribution in [0.5, 0.6) is 0 Å². The van der Waals surface area contributed by atoms with Crippen LogP contribution < -0.4 is 4.90 Å². The predicted molar refractivity (Wildman–Crippen MR) is 80.8 cm³/mol. The van der Waals surface area contributed by atoms with Crippen molar-refractivity contribution in [3.05, 3.63) is 24.1 Å². The topological polar surface area (TPSA) is 83.0 Å². The smallest absolute Gasteiger partial charge is 0.411 e. The maximum atomic E-state index is 13.8. The first-order valence-electron chi connectivity index (χ1n) is 7.27. The summed E-state index contributed by atoms with van der Waals surface area (Å²) >= 11 is 0. The van der Waals surface area contributed by atoms with Crippen molar-refractivity contribution in [1.82, 2.24) is 9.88 Å². The highest BCUT2D eigenvalue weighted by atomic mass is 19.1. The van der Waals surface area contributed by atoms with Gasteiger partial charge in [-0.2, -0.15) is 0 Å². The zero-order valence-corrected chi connectivity index (χ0v) is 13.3. The van der Waals surface area contributed by atoms with Crippen molar-refractivity contribution in [2.45, 2.75) is 32.4 Å². The number of ether oxygens (including phenoxy) is 1. The molecule has 1 amide bonds. The lowest BCUT2D eigenvalue weighted by Crippen LogP contribution is -2.59. The van der Waals surface area contributed by atoms with Gasteiger partial charge in [-0.15, -0.1) is 0 Å². The fourth-order valence-electron chi connectivity index (χ4n) is 2.34. The number of carbonyl (C=O) groups is 2. The zero-order chi connectivity index (χ0) is 17.2. The Labute approximate surface area is 133 Å². The Balaban J connectivity index is 2.17. The minimum atomic E-state index is -1.17. The van der Waals surface area contributed by atoms with Gasteiger partial charge in [0, 0.05) is 19.3 Å². The third-order valence-corrected chi connectivity index (χ3v) is 3.33. The Kier molecular flexibility index (Phi) is 4.72. The van der Waals surface area contributed by atoms with Crippen molar-refractivity contribution in [2.75, 3.05) is 24.5 Å². The first-order valence-corrected chi connectivity index (χ1v) is 7.27. The van der Waals surface area contributed by atoms with E-state index in [-0.39, 0.29) is 25.5 Å². The average molecular weight is 325 g/mol. The van der Waals surface area contributed by atoms with E-state index in [1.165, 1.54) is 23.2 Å². The Morgan fingerprint density at radius 2 is 2.09 bits per heavy atom. The molecule has 126 valence electrons. The number of hydrogen-bond donors (Lipinski definition) is 1. The number of aromatic nitrogens is 1. The summed E-state index contributed by atoms with van der Waals surface area (Å²) in [7, 11) is 0. The number of hydrogen-bond acceptors (Lipinski definition) is 5. The minimum Gasteiger partial charge on any atom is -0.480 e. The molecule has 7 nitrogen and oxygen atoms in total. The molecule has 1 aromatic rings. The lowest BCUT2D eigenvalue weighted by atomic mass is 10.1. The normalized spacial score (nSPS) is 18.7. The summed E-state index contributed by atoms with van der Waals surface area (Å²) in [5, 5.41) is 9.40. The van der Waals surface area contributed by atoms with Gasteiger partial charge in [-0.25, -0.2) is 19.0 Å². The molecule has 1 unspecified atom stereocenters. The van der Waals surface area contributed by atoms with E-state index in [2.05, 4.69) is 4.98 Å². The fourth-order valence-corrected chi connectivity index (χ4v) is 2.34. The molecule has 1 aromatic heterocycles. The second kappa shape index (κ2) is 6.39. The van der Waals surface area contributed by atoms with Gasteiger partial charge in [-0.1, -0.05) is 0 Å². The molecule has 0 aromatic carbocycles. The van der Waals surface area contributed by atoms with Gasteiger partial charge in [0.15, 0.2) is 11.6 Å². The summed E-state index contributed by atoms with van der Waals surface area (Å²) in [6, 6.07) is 1.60. The van der Waals surface area contributed by atoms with E-state index in [0.717, 1.165) is 4.90 Å². The molecule has 0 bridgehead atoms. The molecule has 0 aliphatic carbocycles. The van der Waals surface area contributed by atoms with Gasteiger partial charge < -0.3 is 14.7 Å². The maximum absolute atomic E-state index is 13.8. The van der Waals surface area contributed by atoms with Gasteiger partial charge in [0.05, 0.1) is 6.54 Å². The number of rotatable bonds is 2. The van der Waals surface area contributed by atoms with Gasteiger partial charge in [0.2, 0.25) is 0 Å². The molecule has 8 heteroatoms. The van der Waals surface area contributed by atoms with E-state index < -0.39 is 29.5 Å². The van der Waals surface area contributed by atoms with E-state index in [9.17, 15) is 19.1 Å². The van der Waals surface area contributed by atoms with Gasteiger partial charge in [-0.05, 0) is 32.9 Å². The summed E-state index contributed by atoms with van der Waals surface area (Å²) in [6.07, 6.45) is 0.750. The van der Waals surface area contributed by atoms with Crippen LogP contribution in [0.2, 0.25) is 0 Å². The lowest BCUT2D eigenvalue weighted by molar-refractivity contribution is -0.143. The van der Waals surface area contributed by atoms with Crippen molar-refractivity contribution in [3.63, 3.8) is 0 Å². The molecular weight excluding hydrogens is 305 g/mol. The number of aliphatic carboxylic acids is 1. The Hall–Kier alpha value is -2.38. The second-order valence-electron chi connectivity index (χ2n) is 6.28. The van der Waals surface area contributed by atoms with Crippen molar-refractivity contribution < 1.29 is 23.8 Å². The molecule has 1 N–H and O–H groups in total. The van der Waals surface area contributed by atoms with Gasteiger partial charge >= 0.3 is 12.1 Å². The maximum Gasteiger partial charge on any atom is 0.411 e. The average Bonchev–Trinajstić information content (AvgIpc) is 2.45. The van der Waals surface area contributed by atoms with Crippen LogP contribution in [-0.2, 0) is 9.53 Å². The van der Waals surface area contributed by atoms with Gasteiger partial charge in [-0.3, -0.25) is 4.90 Å². The van der Waals surface area contributed by atoms with E-state index >= 15 is 0 Å². The number of piperazine rings is 1. The summed E-state index contributed by atoms with van der Waals surface area (Å²) in [4.78, 5) is 30.3. The molecule has 1 aliphatic rings. The first-order chi connectivity index (χ1) is 10.7. The van der Waals surface area contributed by atoms with E-state index in [4.69, 9.17) is 4.74 Å². The zero-order valence-electron chi connectivity index (χ0n) is 13.3. The highest BCUT2D eigenvalue weighted by Gasteiger charge is 2.38. The highest BCUT2D eigenvalue weighted by Crippen LogP contribution is 2.21. The van der Waals surface area contributed by atoms with Crippen molar-refractivity contribution in [1.29, 1.82) is 0 Å². The van der Waals surface area contributed by atoms with Gasteiger partial charge in [0.1, 0.15) is 11.6 Å². The van der Waals surface area contributed by atoms with Crippen LogP contribution in [0.4, 0.5) is 15.0 Å². The number of anilines is 1. The Morgan fingerprint density at radius 3 is 2.65 bits per heavy atom. The lowest BCUT2D eigenvalue weighted by Gasteiger charge is -2.40. The monoisotopic (exact) mass is 325 g/mol. The number of pyridine rings is 1. The fraction of sp³-hybridized carbons (Fsp3) is 0.533. The van der Waals surface area contributed by atoms with Crippen molar-refractivity contribution >= 4 is 17.9 Å². The number of amides is 1. The summed E-state index contributed by atoms with van der Waals surface area (Å²) < 4.78 is 19.1. The third-order valence-electron chi connectivity index (χ3n) is 3.33. The molecule has 1 saturated heterocycles. The van der Waals surface area contributed by atoms with Crippen molar-refractivity contribution in [2.24, 2.45) is 0 Å². The summed E-state index contributed by atoms with van der Waals surface area (Å²) in [6.45, 7) is 5.46. The summed E-state index contributed by atoms with van der Waals surface area (Å²) in [5.41, 5.74) is -0.718. The number of halogens is 1. The third kappa shape index (κ3) is 4.08. The van der Waals surface area contributed by atoms with E-state index in [1.54, 1.807) is 20.8 Å². The highest BCUT2D eigenvalue weighted by molar-refractivity contribution is 5.81. The molecule has 2 rings (SSSR count). The van der Waals surface area contributed by atoms with Crippen LogP contribution in [0.25, 0.3) is 0 Å². The molecule has 1 atom stereocenters. The number of carboxylic acids is 1. The van der Waals surface area contributed by atoms with E-state index in [0.29, 0.717) is 0 Å². The van der Waals surface area contributed by atoms with Crippen LogP contribution in [0.1, 0.15) is 20.8 Å². The van der Waals surface area contributed by atoms with Crippen LogP contribution in [0.15, 0.2) is 18.3 Å². The minimum absolute atomic E-state index is 0.0531. The molecule has 0 spiro atoms. The standard InChI is InChI=1S/C15H20FN3O4/c1-15(2,3)23-14(22)19-8-7-18(9-11(19)13(20)21)12-10(16)5-4-6-17-12/h4-6,11H,7-9H2,1-3H3,(H,20,21). The largest absolute Gasteiger partial charge is 0.480 e. The quantitative estimate of drug-likeness (QED) is 0.891. The molecule has 2 heterocycles. The van der Waals surface area contributed by atoms with Crippen LogP contribution in [0.3, 0.4) is 0 Å². The number of carboxylic acid groups (broad SMARTS) is 1. The van der Waals surface area contributed by atoms with Crippen molar-refractivity contribution in [3.8, 4) is 0 Å². The number of carbonyl (C=O) groups excluding carboxylic acids is 1. The first kappa shape index (κ1) is 17.0. The summed E-state index contributed by atoms with van der Waals surface area (Å²) in [5.74, 6) is -1.61. The molecule has 0 saturated carbocycles. The number of nitrogens with zero attached hydrogens (tertiary/aromatic N) is 3. The van der Waals surface area contributed by atoms with Crippen LogP contribution in [0, 0.1) is 5.82 Å². The Bertz CT molecular complexity index is 603.